The smallest absolute Gasteiger partial charge is 0.317 e. The SMILES string of the molecule is COCCOC1CCN(C(=O)NC(C)c2cccc(C)c2C)C1. The molecule has 0 spiro atoms. The molecule has 23 heavy (non-hydrogen) atoms. The van der Waals surface area contributed by atoms with E-state index in [0.717, 1.165) is 13.0 Å². The van der Waals surface area contributed by atoms with Gasteiger partial charge in [0.2, 0.25) is 0 Å². The average Bonchev–Trinajstić information content (AvgIpc) is 2.99. The maximum Gasteiger partial charge on any atom is 0.317 e. The third kappa shape index (κ3) is 4.69. The molecule has 5 nitrogen and oxygen atoms in total. The van der Waals surface area contributed by atoms with E-state index in [1.54, 1.807) is 7.11 Å². The molecule has 0 saturated carbocycles. The van der Waals surface area contributed by atoms with Gasteiger partial charge in [-0.3, -0.25) is 0 Å². The second-order valence-corrected chi connectivity index (χ2v) is 6.18. The van der Waals surface area contributed by atoms with Crippen LogP contribution >= 0.6 is 0 Å². The van der Waals surface area contributed by atoms with Crippen LogP contribution in [0.5, 0.6) is 0 Å². The monoisotopic (exact) mass is 320 g/mol. The summed E-state index contributed by atoms with van der Waals surface area (Å²) in [6, 6.07) is 6.19. The van der Waals surface area contributed by atoms with Gasteiger partial charge in [0.1, 0.15) is 0 Å². The Bertz CT molecular complexity index is 533. The predicted octanol–water partition coefficient (Wildman–Crippen LogP) is 2.81. The molecule has 2 rings (SSSR count). The summed E-state index contributed by atoms with van der Waals surface area (Å²) in [7, 11) is 1.66. The van der Waals surface area contributed by atoms with Crippen LogP contribution in [0.25, 0.3) is 0 Å². The van der Waals surface area contributed by atoms with Crippen LogP contribution in [-0.2, 0) is 9.47 Å². The van der Waals surface area contributed by atoms with Crippen molar-refractivity contribution in [2.75, 3.05) is 33.4 Å². The highest BCUT2D eigenvalue weighted by Gasteiger charge is 2.27. The number of aryl methyl sites for hydroxylation is 1. The number of likely N-dealkylation sites (tertiary alicyclic amines) is 1. The van der Waals surface area contributed by atoms with Gasteiger partial charge in [-0.05, 0) is 43.9 Å². The van der Waals surface area contributed by atoms with Gasteiger partial charge in [-0.2, -0.15) is 0 Å². The summed E-state index contributed by atoms with van der Waals surface area (Å²) in [5, 5.41) is 3.10. The molecule has 2 unspecified atom stereocenters. The minimum Gasteiger partial charge on any atom is -0.382 e. The molecule has 0 aliphatic carbocycles. The van der Waals surface area contributed by atoms with Crippen LogP contribution in [0.2, 0.25) is 0 Å². The number of nitrogens with zero attached hydrogens (tertiary/aromatic N) is 1. The molecular weight excluding hydrogens is 292 g/mol. The highest BCUT2D eigenvalue weighted by atomic mass is 16.5. The van der Waals surface area contributed by atoms with Crippen molar-refractivity contribution in [3.8, 4) is 0 Å². The molecule has 128 valence electrons. The molecule has 0 bridgehead atoms. The van der Waals surface area contributed by atoms with Gasteiger partial charge in [0.15, 0.2) is 0 Å². The molecule has 1 fully saturated rings. The normalized spacial score (nSPS) is 19.0. The summed E-state index contributed by atoms with van der Waals surface area (Å²) in [5.74, 6) is 0. The predicted molar refractivity (Wildman–Crippen MR) is 90.7 cm³/mol. The standard InChI is InChI=1S/C18H28N2O3/c1-13-6-5-7-17(14(13)2)15(3)19-18(21)20-9-8-16(12-20)23-11-10-22-4/h5-7,15-16H,8-12H2,1-4H3,(H,19,21). The van der Waals surface area contributed by atoms with Crippen LogP contribution in [0.3, 0.4) is 0 Å². The van der Waals surface area contributed by atoms with E-state index in [2.05, 4.69) is 31.3 Å². The number of ether oxygens (including phenoxy) is 2. The minimum atomic E-state index is -0.0174. The van der Waals surface area contributed by atoms with Gasteiger partial charge < -0.3 is 19.7 Å². The Kier molecular flexibility index (Phi) is 6.42. The van der Waals surface area contributed by atoms with Crippen LogP contribution in [-0.4, -0.2) is 50.4 Å². The Morgan fingerprint density at radius 2 is 2.17 bits per heavy atom. The highest BCUT2D eigenvalue weighted by Crippen LogP contribution is 2.21. The molecule has 2 atom stereocenters. The van der Waals surface area contributed by atoms with Gasteiger partial charge in [0, 0.05) is 20.2 Å². The summed E-state index contributed by atoms with van der Waals surface area (Å²) >= 11 is 0. The number of hydrogen-bond acceptors (Lipinski definition) is 3. The summed E-state index contributed by atoms with van der Waals surface area (Å²) < 4.78 is 10.7. The Hall–Kier alpha value is -1.59. The third-order valence-electron chi connectivity index (χ3n) is 4.53. The zero-order chi connectivity index (χ0) is 16.8. The third-order valence-corrected chi connectivity index (χ3v) is 4.53. The number of methoxy groups -OCH3 is 1. The Morgan fingerprint density at radius 3 is 2.91 bits per heavy atom. The van der Waals surface area contributed by atoms with Crippen molar-refractivity contribution in [3.05, 3.63) is 34.9 Å². The fraction of sp³-hybridized carbons (Fsp3) is 0.611. The van der Waals surface area contributed by atoms with Gasteiger partial charge in [-0.15, -0.1) is 0 Å². The molecule has 5 heteroatoms. The highest BCUT2D eigenvalue weighted by molar-refractivity contribution is 5.75. The van der Waals surface area contributed by atoms with Crippen LogP contribution in [0, 0.1) is 13.8 Å². The quantitative estimate of drug-likeness (QED) is 0.820. The fourth-order valence-electron chi connectivity index (χ4n) is 2.94. The number of amides is 2. The van der Waals surface area contributed by atoms with E-state index in [1.165, 1.54) is 16.7 Å². The van der Waals surface area contributed by atoms with E-state index in [-0.39, 0.29) is 18.2 Å². The van der Waals surface area contributed by atoms with Crippen molar-refractivity contribution < 1.29 is 14.3 Å². The van der Waals surface area contributed by atoms with E-state index < -0.39 is 0 Å². The van der Waals surface area contributed by atoms with E-state index in [9.17, 15) is 4.79 Å². The van der Waals surface area contributed by atoms with Crippen molar-refractivity contribution in [2.24, 2.45) is 0 Å². The zero-order valence-corrected chi connectivity index (χ0v) is 14.6. The van der Waals surface area contributed by atoms with Crippen LogP contribution in [0.1, 0.15) is 36.1 Å². The molecule has 0 radical (unpaired) electrons. The zero-order valence-electron chi connectivity index (χ0n) is 14.6. The lowest BCUT2D eigenvalue weighted by atomic mass is 9.98. The molecular formula is C18H28N2O3. The molecule has 2 amide bonds. The number of hydrogen-bond donors (Lipinski definition) is 1. The molecule has 1 heterocycles. The number of carbonyl (C=O) groups is 1. The Morgan fingerprint density at radius 1 is 1.39 bits per heavy atom. The maximum atomic E-state index is 12.4. The number of rotatable bonds is 6. The molecule has 1 aromatic rings. The van der Waals surface area contributed by atoms with Crippen LogP contribution in [0.4, 0.5) is 4.79 Å². The van der Waals surface area contributed by atoms with E-state index in [0.29, 0.717) is 19.8 Å². The lowest BCUT2D eigenvalue weighted by molar-refractivity contribution is 0.0236. The van der Waals surface area contributed by atoms with Crippen molar-refractivity contribution in [1.29, 1.82) is 0 Å². The van der Waals surface area contributed by atoms with Crippen LogP contribution in [0.15, 0.2) is 18.2 Å². The molecule has 1 aromatic carbocycles. The number of carbonyl (C=O) groups excluding carboxylic acids is 1. The van der Waals surface area contributed by atoms with Gasteiger partial charge in [0.05, 0.1) is 25.4 Å². The lowest BCUT2D eigenvalue weighted by Gasteiger charge is -2.22. The van der Waals surface area contributed by atoms with E-state index in [4.69, 9.17) is 9.47 Å². The molecule has 0 aromatic heterocycles. The molecule has 1 aliphatic heterocycles. The summed E-state index contributed by atoms with van der Waals surface area (Å²) in [5.41, 5.74) is 3.66. The summed E-state index contributed by atoms with van der Waals surface area (Å²) in [6.45, 7) is 8.78. The van der Waals surface area contributed by atoms with Gasteiger partial charge in [0.25, 0.3) is 0 Å². The molecule has 1 saturated heterocycles. The van der Waals surface area contributed by atoms with Crippen molar-refractivity contribution >= 4 is 6.03 Å². The Balaban J connectivity index is 1.86. The van der Waals surface area contributed by atoms with E-state index in [1.807, 2.05) is 17.9 Å². The number of benzene rings is 1. The minimum absolute atomic E-state index is 0.00383. The topological polar surface area (TPSA) is 50.8 Å². The van der Waals surface area contributed by atoms with Crippen molar-refractivity contribution in [2.45, 2.75) is 39.3 Å². The lowest BCUT2D eigenvalue weighted by Crippen LogP contribution is -2.40. The van der Waals surface area contributed by atoms with Crippen LogP contribution < -0.4 is 5.32 Å². The van der Waals surface area contributed by atoms with Crippen molar-refractivity contribution in [3.63, 3.8) is 0 Å². The average molecular weight is 320 g/mol. The summed E-state index contributed by atoms with van der Waals surface area (Å²) in [4.78, 5) is 14.3. The first-order valence-corrected chi connectivity index (χ1v) is 8.25. The maximum absolute atomic E-state index is 12.4. The van der Waals surface area contributed by atoms with Gasteiger partial charge in [-0.1, -0.05) is 18.2 Å². The largest absolute Gasteiger partial charge is 0.382 e. The second kappa shape index (κ2) is 8.31. The second-order valence-electron chi connectivity index (χ2n) is 6.18. The fourth-order valence-corrected chi connectivity index (χ4v) is 2.94. The van der Waals surface area contributed by atoms with Gasteiger partial charge >= 0.3 is 6.03 Å². The first-order chi connectivity index (χ1) is 11.0. The number of urea groups is 1. The summed E-state index contributed by atoms with van der Waals surface area (Å²) in [6.07, 6.45) is 1.00. The first kappa shape index (κ1) is 17.8. The van der Waals surface area contributed by atoms with Crippen molar-refractivity contribution in [1.82, 2.24) is 10.2 Å². The number of nitrogens with one attached hydrogen (secondary N) is 1. The first-order valence-electron chi connectivity index (χ1n) is 8.25. The van der Waals surface area contributed by atoms with E-state index >= 15 is 0 Å². The molecule has 1 N–H and O–H groups in total. The van der Waals surface area contributed by atoms with Gasteiger partial charge in [-0.25, -0.2) is 4.79 Å². The Labute approximate surface area is 139 Å². The molecule has 1 aliphatic rings.